The van der Waals surface area contributed by atoms with Crippen LogP contribution in [-0.2, 0) is 14.3 Å². The van der Waals surface area contributed by atoms with Gasteiger partial charge in [0.05, 0.1) is 19.0 Å². The molecule has 1 unspecified atom stereocenters. The van der Waals surface area contributed by atoms with E-state index in [1.54, 1.807) is 13.0 Å². The van der Waals surface area contributed by atoms with Crippen molar-refractivity contribution in [1.82, 2.24) is 0 Å². The molecule has 0 aliphatic carbocycles. The number of epoxide rings is 1. The van der Waals surface area contributed by atoms with E-state index >= 15 is 0 Å². The summed E-state index contributed by atoms with van der Waals surface area (Å²) >= 11 is 0. The van der Waals surface area contributed by atoms with Crippen LogP contribution in [0.4, 0.5) is 0 Å². The molecule has 3 nitrogen and oxygen atoms in total. The number of hydrogen-bond acceptors (Lipinski definition) is 3. The average molecular weight is 346 g/mol. The maximum Gasteiger partial charge on any atom is 0.338 e. The van der Waals surface area contributed by atoms with Crippen molar-refractivity contribution < 1.29 is 14.3 Å². The first-order valence-corrected chi connectivity index (χ1v) is 8.69. The molecule has 1 heterocycles. The minimum absolute atomic E-state index is 0.202. The standard InChI is InChI=1S/C23H22O3/c1-18(23(24)25-15-14-20-10-6-3-7-11-20)21(16-22-17-26-22)13-12-19-8-4-2-5-9-19/h2-15,22H,16-17H2,1H3. The first-order chi connectivity index (χ1) is 12.7. The van der Waals surface area contributed by atoms with Crippen LogP contribution in [-0.4, -0.2) is 18.7 Å². The zero-order valence-corrected chi connectivity index (χ0v) is 14.8. The Hall–Kier alpha value is -2.91. The van der Waals surface area contributed by atoms with E-state index in [2.05, 4.69) is 0 Å². The molecule has 3 heteroatoms. The van der Waals surface area contributed by atoms with Gasteiger partial charge in [-0.05, 0) is 29.7 Å². The maximum atomic E-state index is 12.4. The molecule has 1 aliphatic rings. The van der Waals surface area contributed by atoms with E-state index in [0.717, 1.165) is 23.3 Å². The van der Waals surface area contributed by atoms with Crippen LogP contribution in [0.5, 0.6) is 0 Å². The monoisotopic (exact) mass is 346 g/mol. The summed E-state index contributed by atoms with van der Waals surface area (Å²) in [6.07, 6.45) is 8.12. The Morgan fingerprint density at radius 2 is 1.62 bits per heavy atom. The van der Waals surface area contributed by atoms with Gasteiger partial charge in [0, 0.05) is 12.0 Å². The second-order valence-electron chi connectivity index (χ2n) is 6.17. The predicted molar refractivity (Wildman–Crippen MR) is 104 cm³/mol. The molecule has 0 aromatic heterocycles. The van der Waals surface area contributed by atoms with Crippen LogP contribution in [0.15, 0.2) is 84.1 Å². The maximum absolute atomic E-state index is 12.4. The molecule has 132 valence electrons. The lowest BCUT2D eigenvalue weighted by atomic mass is 10.0. The van der Waals surface area contributed by atoms with E-state index in [-0.39, 0.29) is 12.1 Å². The highest BCUT2D eigenvalue weighted by molar-refractivity contribution is 5.90. The second kappa shape index (κ2) is 8.97. The minimum atomic E-state index is -0.342. The van der Waals surface area contributed by atoms with Crippen molar-refractivity contribution >= 4 is 18.1 Å². The van der Waals surface area contributed by atoms with Gasteiger partial charge in [0.15, 0.2) is 0 Å². The van der Waals surface area contributed by atoms with Gasteiger partial charge >= 0.3 is 5.97 Å². The van der Waals surface area contributed by atoms with Gasteiger partial charge in [-0.3, -0.25) is 0 Å². The zero-order chi connectivity index (χ0) is 18.2. The van der Waals surface area contributed by atoms with E-state index in [4.69, 9.17) is 9.47 Å². The smallest absolute Gasteiger partial charge is 0.338 e. The highest BCUT2D eigenvalue weighted by Gasteiger charge is 2.25. The fraction of sp³-hybridized carbons (Fsp3) is 0.174. The molecule has 0 amide bonds. The average Bonchev–Trinajstić information content (AvgIpc) is 3.50. The topological polar surface area (TPSA) is 38.8 Å². The zero-order valence-electron chi connectivity index (χ0n) is 14.8. The highest BCUT2D eigenvalue weighted by atomic mass is 16.6. The van der Waals surface area contributed by atoms with Crippen molar-refractivity contribution in [2.75, 3.05) is 6.61 Å². The van der Waals surface area contributed by atoms with Gasteiger partial charge in [-0.15, -0.1) is 0 Å². The number of hydrogen-bond donors (Lipinski definition) is 0. The third kappa shape index (κ3) is 5.57. The Bertz CT molecular complexity index is 813. The van der Waals surface area contributed by atoms with Crippen LogP contribution in [0, 0.1) is 0 Å². The fourth-order valence-corrected chi connectivity index (χ4v) is 2.50. The van der Waals surface area contributed by atoms with E-state index in [9.17, 15) is 4.79 Å². The third-order valence-electron chi connectivity index (χ3n) is 4.15. The first-order valence-electron chi connectivity index (χ1n) is 8.69. The summed E-state index contributed by atoms with van der Waals surface area (Å²) < 4.78 is 10.6. The largest absolute Gasteiger partial charge is 0.431 e. The summed E-state index contributed by atoms with van der Waals surface area (Å²) in [6.45, 7) is 2.55. The minimum Gasteiger partial charge on any atom is -0.431 e. The Balaban J connectivity index is 1.70. The highest BCUT2D eigenvalue weighted by Crippen LogP contribution is 2.24. The Morgan fingerprint density at radius 3 is 2.19 bits per heavy atom. The van der Waals surface area contributed by atoms with Gasteiger partial charge < -0.3 is 9.47 Å². The molecular formula is C23H22O3. The van der Waals surface area contributed by atoms with Gasteiger partial charge in [-0.25, -0.2) is 4.79 Å². The number of benzene rings is 2. The summed E-state index contributed by atoms with van der Waals surface area (Å²) in [6, 6.07) is 19.7. The van der Waals surface area contributed by atoms with Crippen molar-refractivity contribution in [1.29, 1.82) is 0 Å². The molecule has 3 rings (SSSR count). The molecule has 1 atom stereocenters. The molecule has 26 heavy (non-hydrogen) atoms. The number of ether oxygens (including phenoxy) is 2. The van der Waals surface area contributed by atoms with Crippen LogP contribution in [0.2, 0.25) is 0 Å². The van der Waals surface area contributed by atoms with Gasteiger partial charge in [0.1, 0.15) is 0 Å². The SMILES string of the molecule is CC(C(=O)OC=Cc1ccccc1)=C(C=Cc1ccccc1)CC1CO1. The quantitative estimate of drug-likeness (QED) is 0.232. The third-order valence-corrected chi connectivity index (χ3v) is 4.15. The van der Waals surface area contributed by atoms with E-state index in [1.807, 2.05) is 72.8 Å². The molecule has 1 fully saturated rings. The summed E-state index contributed by atoms with van der Waals surface area (Å²) in [7, 11) is 0. The van der Waals surface area contributed by atoms with E-state index in [1.165, 1.54) is 6.26 Å². The number of rotatable bonds is 7. The molecule has 1 aliphatic heterocycles. The summed E-state index contributed by atoms with van der Waals surface area (Å²) in [4.78, 5) is 12.4. The van der Waals surface area contributed by atoms with Crippen molar-refractivity contribution in [3.8, 4) is 0 Å². The molecule has 2 aromatic carbocycles. The Morgan fingerprint density at radius 1 is 1.04 bits per heavy atom. The fourth-order valence-electron chi connectivity index (χ4n) is 2.50. The van der Waals surface area contributed by atoms with Gasteiger partial charge in [-0.1, -0.05) is 72.8 Å². The molecular weight excluding hydrogens is 324 g/mol. The van der Waals surface area contributed by atoms with Crippen LogP contribution < -0.4 is 0 Å². The molecule has 2 aromatic rings. The normalized spacial score (nSPS) is 17.3. The van der Waals surface area contributed by atoms with Crippen molar-refractivity contribution in [3.05, 3.63) is 95.3 Å². The first kappa shape index (κ1) is 17.9. The summed E-state index contributed by atoms with van der Waals surface area (Å²) in [5.41, 5.74) is 3.62. The number of allylic oxidation sites excluding steroid dienone is 1. The molecule has 0 N–H and O–H groups in total. The van der Waals surface area contributed by atoms with Crippen molar-refractivity contribution in [2.24, 2.45) is 0 Å². The van der Waals surface area contributed by atoms with Crippen molar-refractivity contribution in [3.63, 3.8) is 0 Å². The Labute approximate surface area is 154 Å². The Kier molecular flexibility index (Phi) is 6.18. The lowest BCUT2D eigenvalue weighted by Crippen LogP contribution is -2.05. The van der Waals surface area contributed by atoms with Gasteiger partial charge in [0.2, 0.25) is 0 Å². The number of carbonyl (C=O) groups is 1. The molecule has 0 saturated carbocycles. The van der Waals surface area contributed by atoms with Crippen LogP contribution in [0.25, 0.3) is 12.2 Å². The summed E-state index contributed by atoms with van der Waals surface area (Å²) in [5, 5.41) is 0. The number of esters is 1. The lowest BCUT2D eigenvalue weighted by molar-refractivity contribution is -0.133. The van der Waals surface area contributed by atoms with Crippen LogP contribution in [0.1, 0.15) is 24.5 Å². The predicted octanol–water partition coefficient (Wildman–Crippen LogP) is 5.02. The van der Waals surface area contributed by atoms with Gasteiger partial charge in [0.25, 0.3) is 0 Å². The van der Waals surface area contributed by atoms with Crippen LogP contribution >= 0.6 is 0 Å². The molecule has 1 saturated heterocycles. The van der Waals surface area contributed by atoms with Crippen LogP contribution in [0.3, 0.4) is 0 Å². The van der Waals surface area contributed by atoms with E-state index in [0.29, 0.717) is 12.0 Å². The lowest BCUT2D eigenvalue weighted by Gasteiger charge is -2.06. The molecule has 0 bridgehead atoms. The van der Waals surface area contributed by atoms with Gasteiger partial charge in [-0.2, -0.15) is 0 Å². The molecule has 0 spiro atoms. The summed E-state index contributed by atoms with van der Waals surface area (Å²) in [5.74, 6) is -0.342. The molecule has 0 radical (unpaired) electrons. The van der Waals surface area contributed by atoms with E-state index < -0.39 is 0 Å². The second-order valence-corrected chi connectivity index (χ2v) is 6.17. The van der Waals surface area contributed by atoms with Crippen molar-refractivity contribution in [2.45, 2.75) is 19.4 Å². The number of carbonyl (C=O) groups excluding carboxylic acids is 1.